The van der Waals surface area contributed by atoms with Gasteiger partial charge < -0.3 is 25.2 Å². The molecule has 8 heteroatoms. The van der Waals surface area contributed by atoms with Gasteiger partial charge in [-0.05, 0) is 56.3 Å². The third kappa shape index (κ3) is 7.79. The van der Waals surface area contributed by atoms with Crippen LogP contribution < -0.4 is 20.1 Å². The zero-order valence-corrected chi connectivity index (χ0v) is 18.6. The average molecular weight is 503 g/mol. The molecule has 2 aromatic rings. The number of ether oxygens (including phenoxy) is 2. The summed E-state index contributed by atoms with van der Waals surface area (Å²) in [6.45, 7) is 5.38. The summed E-state index contributed by atoms with van der Waals surface area (Å²) in [5.74, 6) is 1.75. The summed E-state index contributed by atoms with van der Waals surface area (Å²) in [5.41, 5.74) is 0.669. The van der Waals surface area contributed by atoms with Crippen molar-refractivity contribution in [3.05, 3.63) is 53.8 Å². The van der Waals surface area contributed by atoms with Crippen molar-refractivity contribution in [1.82, 2.24) is 10.6 Å². The normalized spacial score (nSPS) is 11.9. The first kappa shape index (κ1) is 23.8. The molecule has 0 aliphatic heterocycles. The molecule has 0 aliphatic carbocycles. The molecule has 1 atom stereocenters. The predicted octanol–water partition coefficient (Wildman–Crippen LogP) is 3.68. The highest BCUT2D eigenvalue weighted by atomic mass is 127. The van der Waals surface area contributed by atoms with E-state index in [1.165, 1.54) is 12.1 Å². The molecule has 0 bridgehead atoms. The van der Waals surface area contributed by atoms with E-state index < -0.39 is 0 Å². The largest absolute Gasteiger partial charge is 0.508 e. The van der Waals surface area contributed by atoms with Gasteiger partial charge >= 0.3 is 0 Å². The zero-order valence-electron chi connectivity index (χ0n) is 16.2. The van der Waals surface area contributed by atoms with Crippen molar-refractivity contribution in [2.75, 3.05) is 20.2 Å². The molecule has 0 aliphatic rings. The van der Waals surface area contributed by atoms with Crippen LogP contribution in [0.2, 0.25) is 0 Å². The minimum atomic E-state index is -0.296. The van der Waals surface area contributed by atoms with Crippen molar-refractivity contribution < 1.29 is 19.0 Å². The van der Waals surface area contributed by atoms with Crippen molar-refractivity contribution in [2.45, 2.75) is 26.5 Å². The molecular formula is C20H27FIN3O3. The van der Waals surface area contributed by atoms with Crippen molar-refractivity contribution >= 4 is 29.9 Å². The van der Waals surface area contributed by atoms with Crippen molar-refractivity contribution in [3.8, 4) is 17.2 Å². The minimum Gasteiger partial charge on any atom is -0.508 e. The van der Waals surface area contributed by atoms with Gasteiger partial charge in [0, 0.05) is 12.1 Å². The minimum absolute atomic E-state index is 0. The molecule has 6 nitrogen and oxygen atoms in total. The van der Waals surface area contributed by atoms with E-state index in [1.54, 1.807) is 37.4 Å². The summed E-state index contributed by atoms with van der Waals surface area (Å²) in [6.07, 6.45) is -0.149. The predicted molar refractivity (Wildman–Crippen MR) is 119 cm³/mol. The number of aromatic hydroxyl groups is 1. The Morgan fingerprint density at radius 3 is 2.46 bits per heavy atom. The summed E-state index contributed by atoms with van der Waals surface area (Å²) in [5, 5.41) is 16.3. The Balaban J connectivity index is 0.00000392. The zero-order chi connectivity index (χ0) is 19.6. The molecule has 0 amide bonds. The second kappa shape index (κ2) is 12.3. The van der Waals surface area contributed by atoms with E-state index in [9.17, 15) is 9.50 Å². The van der Waals surface area contributed by atoms with E-state index in [2.05, 4.69) is 15.6 Å². The van der Waals surface area contributed by atoms with Gasteiger partial charge in [-0.25, -0.2) is 9.38 Å². The first-order valence-electron chi connectivity index (χ1n) is 8.82. The van der Waals surface area contributed by atoms with Gasteiger partial charge in [0.2, 0.25) is 0 Å². The molecule has 1 unspecified atom stereocenters. The first-order valence-corrected chi connectivity index (χ1v) is 8.82. The maximum Gasteiger partial charge on any atom is 0.191 e. The van der Waals surface area contributed by atoms with Gasteiger partial charge in [-0.2, -0.15) is 0 Å². The fourth-order valence-electron chi connectivity index (χ4n) is 2.35. The number of hydrogen-bond donors (Lipinski definition) is 3. The number of benzene rings is 2. The molecular weight excluding hydrogens is 476 g/mol. The molecule has 0 heterocycles. The molecule has 0 aromatic heterocycles. The molecule has 2 rings (SSSR count). The summed E-state index contributed by atoms with van der Waals surface area (Å²) in [4.78, 5) is 4.48. The number of guanidine groups is 1. The lowest BCUT2D eigenvalue weighted by atomic mass is 10.2. The number of phenols is 1. The van der Waals surface area contributed by atoms with Gasteiger partial charge in [0.05, 0.1) is 20.2 Å². The molecule has 2 aromatic carbocycles. The lowest BCUT2D eigenvalue weighted by molar-refractivity contribution is 0.223. The van der Waals surface area contributed by atoms with E-state index in [0.717, 1.165) is 0 Å². The van der Waals surface area contributed by atoms with E-state index >= 15 is 0 Å². The number of hydrogen-bond acceptors (Lipinski definition) is 4. The quantitative estimate of drug-likeness (QED) is 0.291. The standard InChI is InChI=1S/C20H26FN3O3.HI/c1-4-22-20(24-13-15-11-18(26-3)9-10-19(15)25)23-12-14(2)27-17-7-5-16(21)6-8-17;/h5-11,14,25H,4,12-13H2,1-3H3,(H2,22,23,24);1H. The van der Waals surface area contributed by atoms with E-state index in [4.69, 9.17) is 9.47 Å². The highest BCUT2D eigenvalue weighted by molar-refractivity contribution is 14.0. The lowest BCUT2D eigenvalue weighted by Crippen LogP contribution is -2.41. The first-order chi connectivity index (χ1) is 13.0. The van der Waals surface area contributed by atoms with Gasteiger partial charge in [-0.1, -0.05) is 0 Å². The van der Waals surface area contributed by atoms with Crippen molar-refractivity contribution in [1.29, 1.82) is 0 Å². The molecule has 0 saturated heterocycles. The summed E-state index contributed by atoms with van der Waals surface area (Å²) in [6, 6.07) is 10.9. The highest BCUT2D eigenvalue weighted by Crippen LogP contribution is 2.23. The van der Waals surface area contributed by atoms with Gasteiger partial charge in [0.25, 0.3) is 0 Å². The van der Waals surface area contributed by atoms with E-state index in [-0.39, 0.29) is 41.6 Å². The number of rotatable bonds is 8. The Morgan fingerprint density at radius 1 is 1.14 bits per heavy atom. The number of phenolic OH excluding ortho intramolecular Hbond substituents is 1. The van der Waals surface area contributed by atoms with Crippen LogP contribution in [0.4, 0.5) is 4.39 Å². The Morgan fingerprint density at radius 2 is 1.82 bits per heavy atom. The maximum atomic E-state index is 12.9. The van der Waals surface area contributed by atoms with Crippen molar-refractivity contribution in [2.24, 2.45) is 4.99 Å². The van der Waals surface area contributed by atoms with E-state index in [0.29, 0.717) is 42.7 Å². The number of halogens is 2. The SMILES string of the molecule is CCNC(=NCc1cc(OC)ccc1O)NCC(C)Oc1ccc(F)cc1.I. The van der Waals surface area contributed by atoms with Crippen LogP contribution in [0.5, 0.6) is 17.2 Å². The fourth-order valence-corrected chi connectivity index (χ4v) is 2.35. The van der Waals surface area contributed by atoms with Crippen LogP contribution in [0.1, 0.15) is 19.4 Å². The smallest absolute Gasteiger partial charge is 0.191 e. The maximum absolute atomic E-state index is 12.9. The topological polar surface area (TPSA) is 75.1 Å². The monoisotopic (exact) mass is 503 g/mol. The number of methoxy groups -OCH3 is 1. The van der Waals surface area contributed by atoms with Crippen LogP contribution in [-0.4, -0.2) is 37.4 Å². The van der Waals surface area contributed by atoms with Gasteiger partial charge in [-0.15, -0.1) is 24.0 Å². The Labute approximate surface area is 182 Å². The molecule has 0 spiro atoms. The van der Waals surface area contributed by atoms with Crippen LogP contribution in [-0.2, 0) is 6.54 Å². The molecule has 0 radical (unpaired) electrons. The van der Waals surface area contributed by atoms with Crippen molar-refractivity contribution in [3.63, 3.8) is 0 Å². The third-order valence-corrected chi connectivity index (χ3v) is 3.75. The van der Waals surface area contributed by atoms with Gasteiger partial charge in [0.15, 0.2) is 5.96 Å². The van der Waals surface area contributed by atoms with Crippen LogP contribution in [0.3, 0.4) is 0 Å². The molecule has 0 fully saturated rings. The van der Waals surface area contributed by atoms with Crippen LogP contribution in [0.25, 0.3) is 0 Å². The average Bonchev–Trinajstić information content (AvgIpc) is 2.67. The van der Waals surface area contributed by atoms with Crippen LogP contribution in [0.15, 0.2) is 47.5 Å². The van der Waals surface area contributed by atoms with Gasteiger partial charge in [0.1, 0.15) is 29.2 Å². The summed E-state index contributed by atoms with van der Waals surface area (Å²) in [7, 11) is 1.58. The molecule has 154 valence electrons. The molecule has 3 N–H and O–H groups in total. The highest BCUT2D eigenvalue weighted by Gasteiger charge is 2.07. The third-order valence-electron chi connectivity index (χ3n) is 3.75. The summed E-state index contributed by atoms with van der Waals surface area (Å²) >= 11 is 0. The number of nitrogens with zero attached hydrogens (tertiary/aromatic N) is 1. The fraction of sp³-hybridized carbons (Fsp3) is 0.350. The van der Waals surface area contributed by atoms with E-state index in [1.807, 2.05) is 13.8 Å². The second-order valence-electron chi connectivity index (χ2n) is 5.95. The molecule has 0 saturated carbocycles. The Hall–Kier alpha value is -2.23. The number of nitrogens with one attached hydrogen (secondary N) is 2. The summed E-state index contributed by atoms with van der Waals surface area (Å²) < 4.78 is 23.9. The number of aliphatic imine (C=N–C) groups is 1. The molecule has 28 heavy (non-hydrogen) atoms. The lowest BCUT2D eigenvalue weighted by Gasteiger charge is -2.17. The Bertz CT molecular complexity index is 757. The second-order valence-corrected chi connectivity index (χ2v) is 5.95. The van der Waals surface area contributed by atoms with Crippen LogP contribution >= 0.6 is 24.0 Å². The Kier molecular flexibility index (Phi) is 10.4. The van der Waals surface area contributed by atoms with Crippen LogP contribution in [0, 0.1) is 5.82 Å². The van der Waals surface area contributed by atoms with Gasteiger partial charge in [-0.3, -0.25) is 0 Å².